The average molecular weight is 473 g/mol. The Balaban J connectivity index is 1.67. The van der Waals surface area contributed by atoms with E-state index in [1.54, 1.807) is 18.2 Å². The topological polar surface area (TPSA) is 84.9 Å². The van der Waals surface area contributed by atoms with E-state index < -0.39 is 10.0 Å². The maximum absolute atomic E-state index is 13.8. The van der Waals surface area contributed by atoms with Crippen LogP contribution in [-0.4, -0.2) is 41.1 Å². The van der Waals surface area contributed by atoms with E-state index in [1.165, 1.54) is 37.1 Å². The summed E-state index contributed by atoms with van der Waals surface area (Å²) in [4.78, 5) is 13.1. The molecule has 8 heteroatoms. The summed E-state index contributed by atoms with van der Waals surface area (Å²) in [5.41, 5.74) is 2.31. The molecule has 0 aliphatic heterocycles. The second-order valence-corrected chi connectivity index (χ2v) is 11.1. The minimum absolute atomic E-state index is 0.0343. The number of ether oxygens (including phenoxy) is 2. The molecule has 2 fully saturated rings. The number of nitrogens with zero attached hydrogens (tertiary/aromatic N) is 1. The zero-order chi connectivity index (χ0) is 23.8. The predicted octanol–water partition coefficient (Wildman–Crippen LogP) is 3.82. The van der Waals surface area contributed by atoms with Crippen molar-refractivity contribution in [3.8, 4) is 11.5 Å². The van der Waals surface area contributed by atoms with Gasteiger partial charge in [-0.1, -0.05) is 12.5 Å². The van der Waals surface area contributed by atoms with Crippen molar-refractivity contribution in [1.29, 1.82) is 0 Å². The molecule has 4 rings (SSSR count). The molecule has 2 bridgehead atoms. The normalized spacial score (nSPS) is 21.6. The van der Waals surface area contributed by atoms with Gasteiger partial charge in [-0.15, -0.1) is 0 Å². The Morgan fingerprint density at radius 1 is 1.00 bits per heavy atom. The smallest absolute Gasteiger partial charge is 0.264 e. The second kappa shape index (κ2) is 9.25. The Hall–Kier alpha value is -2.74. The van der Waals surface area contributed by atoms with Crippen LogP contribution < -0.4 is 19.1 Å². The number of fused-ring (bicyclic) bond motifs is 2. The van der Waals surface area contributed by atoms with E-state index in [0.29, 0.717) is 29.0 Å². The van der Waals surface area contributed by atoms with Gasteiger partial charge >= 0.3 is 0 Å². The lowest BCUT2D eigenvalue weighted by atomic mass is 9.95. The van der Waals surface area contributed by atoms with Crippen LogP contribution in [0.15, 0.2) is 41.3 Å². The molecule has 1 amide bonds. The molecule has 0 spiro atoms. The molecule has 0 radical (unpaired) electrons. The fraction of sp³-hybridized carbons (Fsp3) is 0.480. The number of aryl methyl sites for hydroxylation is 2. The van der Waals surface area contributed by atoms with E-state index in [2.05, 4.69) is 5.32 Å². The number of nitrogens with one attached hydrogen (secondary N) is 1. The Bertz CT molecular complexity index is 1130. The largest absolute Gasteiger partial charge is 0.493 e. The number of benzene rings is 2. The van der Waals surface area contributed by atoms with Crippen LogP contribution in [0, 0.1) is 25.7 Å². The SMILES string of the molecule is COc1ccc(S(=O)(=O)N(CC(=O)N[C@H]2C[C@@H]3CC[C@@H]2C3)c2cc(C)cc(C)c2)cc1OC. The lowest BCUT2D eigenvalue weighted by Gasteiger charge is -2.28. The first-order valence-electron chi connectivity index (χ1n) is 11.3. The molecular formula is C25H32N2O5S. The highest BCUT2D eigenvalue weighted by atomic mass is 32.2. The number of carbonyl (C=O) groups is 1. The van der Waals surface area contributed by atoms with Crippen molar-refractivity contribution >= 4 is 21.6 Å². The maximum Gasteiger partial charge on any atom is 0.264 e. The third kappa shape index (κ3) is 4.81. The zero-order valence-electron chi connectivity index (χ0n) is 19.6. The van der Waals surface area contributed by atoms with Crippen molar-refractivity contribution in [2.45, 2.75) is 50.5 Å². The Labute approximate surface area is 196 Å². The van der Waals surface area contributed by atoms with E-state index in [0.717, 1.165) is 30.4 Å². The number of rotatable bonds is 8. The van der Waals surface area contributed by atoms with Crippen molar-refractivity contribution in [3.63, 3.8) is 0 Å². The first-order valence-corrected chi connectivity index (χ1v) is 12.8. The molecule has 2 saturated carbocycles. The highest BCUT2D eigenvalue weighted by molar-refractivity contribution is 7.92. The molecule has 0 aromatic heterocycles. The summed E-state index contributed by atoms with van der Waals surface area (Å²) in [5.74, 6) is 1.66. The summed E-state index contributed by atoms with van der Waals surface area (Å²) in [6.07, 6.45) is 4.53. The standard InChI is InChI=1S/C25H32N2O5S/c1-16-9-17(2)11-20(10-16)27(15-25(28)26-22-13-18-5-6-19(22)12-18)33(29,30)21-7-8-23(31-3)24(14-21)32-4/h7-11,14,18-19,22H,5-6,12-13,15H2,1-4H3,(H,26,28)/t18-,19-,22+/m1/s1. The summed E-state index contributed by atoms with van der Waals surface area (Å²) in [6.45, 7) is 3.54. The number of sulfonamides is 1. The van der Waals surface area contributed by atoms with Gasteiger partial charge in [0.15, 0.2) is 11.5 Å². The number of carbonyl (C=O) groups excluding carboxylic acids is 1. The van der Waals surface area contributed by atoms with E-state index >= 15 is 0 Å². The third-order valence-corrected chi connectivity index (χ3v) is 8.58. The van der Waals surface area contributed by atoms with Gasteiger partial charge in [0.2, 0.25) is 5.91 Å². The van der Waals surface area contributed by atoms with Crippen molar-refractivity contribution in [1.82, 2.24) is 5.32 Å². The van der Waals surface area contributed by atoms with Crippen molar-refractivity contribution in [2.75, 3.05) is 25.1 Å². The molecule has 0 heterocycles. The monoisotopic (exact) mass is 472 g/mol. The van der Waals surface area contributed by atoms with E-state index in [9.17, 15) is 13.2 Å². The van der Waals surface area contributed by atoms with Crippen LogP contribution in [0.25, 0.3) is 0 Å². The van der Waals surface area contributed by atoms with E-state index in [1.807, 2.05) is 19.9 Å². The molecule has 0 saturated heterocycles. The van der Waals surface area contributed by atoms with Crippen LogP contribution in [0.1, 0.15) is 36.8 Å². The molecule has 178 valence electrons. The summed E-state index contributed by atoms with van der Waals surface area (Å²) in [7, 11) is -1.10. The van der Waals surface area contributed by atoms with Gasteiger partial charge in [-0.25, -0.2) is 8.42 Å². The van der Waals surface area contributed by atoms with Crippen LogP contribution in [0.4, 0.5) is 5.69 Å². The third-order valence-electron chi connectivity index (χ3n) is 6.81. The summed E-state index contributed by atoms with van der Waals surface area (Å²) in [5, 5.41) is 3.11. The average Bonchev–Trinajstić information content (AvgIpc) is 3.39. The number of anilines is 1. The molecular weight excluding hydrogens is 440 g/mol. The van der Waals surface area contributed by atoms with Crippen LogP contribution in [0.2, 0.25) is 0 Å². The second-order valence-electron chi connectivity index (χ2n) is 9.22. The van der Waals surface area contributed by atoms with E-state index in [4.69, 9.17) is 9.47 Å². The molecule has 33 heavy (non-hydrogen) atoms. The molecule has 7 nitrogen and oxygen atoms in total. The van der Waals surface area contributed by atoms with Crippen LogP contribution in [0.3, 0.4) is 0 Å². The van der Waals surface area contributed by atoms with Gasteiger partial charge in [0, 0.05) is 12.1 Å². The summed E-state index contributed by atoms with van der Waals surface area (Å²) in [6, 6.07) is 10.1. The summed E-state index contributed by atoms with van der Waals surface area (Å²) < 4.78 is 39.3. The molecule has 2 aromatic rings. The van der Waals surface area contributed by atoms with Gasteiger partial charge in [-0.3, -0.25) is 9.10 Å². The number of amides is 1. The lowest BCUT2D eigenvalue weighted by Crippen LogP contribution is -2.46. The zero-order valence-corrected chi connectivity index (χ0v) is 20.4. The van der Waals surface area contributed by atoms with Gasteiger partial charge < -0.3 is 14.8 Å². The predicted molar refractivity (Wildman–Crippen MR) is 127 cm³/mol. The number of hydrogen-bond donors (Lipinski definition) is 1. The number of hydrogen-bond acceptors (Lipinski definition) is 5. The lowest BCUT2D eigenvalue weighted by molar-refractivity contribution is -0.120. The van der Waals surface area contributed by atoms with Crippen molar-refractivity contribution in [2.24, 2.45) is 11.8 Å². The van der Waals surface area contributed by atoms with Gasteiger partial charge in [0.1, 0.15) is 6.54 Å². The fourth-order valence-electron chi connectivity index (χ4n) is 5.32. The van der Waals surface area contributed by atoms with Crippen LogP contribution in [-0.2, 0) is 14.8 Å². The Morgan fingerprint density at radius 3 is 2.27 bits per heavy atom. The Kier molecular flexibility index (Phi) is 6.56. The first-order chi connectivity index (χ1) is 15.7. The molecule has 2 aliphatic rings. The minimum Gasteiger partial charge on any atom is -0.493 e. The highest BCUT2D eigenvalue weighted by Gasteiger charge is 2.40. The molecule has 0 unspecified atom stereocenters. The van der Waals surface area contributed by atoms with Gasteiger partial charge in [-0.05, 0) is 80.3 Å². The van der Waals surface area contributed by atoms with Crippen molar-refractivity contribution < 1.29 is 22.7 Å². The van der Waals surface area contributed by atoms with Gasteiger partial charge in [0.05, 0.1) is 24.8 Å². The number of methoxy groups -OCH3 is 2. The van der Waals surface area contributed by atoms with Gasteiger partial charge in [-0.2, -0.15) is 0 Å². The molecule has 3 atom stereocenters. The van der Waals surface area contributed by atoms with E-state index in [-0.39, 0.29) is 23.4 Å². The minimum atomic E-state index is -4.05. The molecule has 2 aliphatic carbocycles. The molecule has 2 aromatic carbocycles. The fourth-order valence-corrected chi connectivity index (χ4v) is 6.74. The first kappa shape index (κ1) is 23.4. The Morgan fingerprint density at radius 2 is 1.70 bits per heavy atom. The van der Waals surface area contributed by atoms with Gasteiger partial charge in [0.25, 0.3) is 10.0 Å². The summed E-state index contributed by atoms with van der Waals surface area (Å²) >= 11 is 0. The van der Waals surface area contributed by atoms with Crippen LogP contribution >= 0.6 is 0 Å². The highest BCUT2D eigenvalue weighted by Crippen LogP contribution is 2.44. The van der Waals surface area contributed by atoms with Crippen molar-refractivity contribution in [3.05, 3.63) is 47.5 Å². The van der Waals surface area contributed by atoms with Crippen LogP contribution in [0.5, 0.6) is 11.5 Å². The maximum atomic E-state index is 13.8. The quantitative estimate of drug-likeness (QED) is 0.631. The molecule has 1 N–H and O–H groups in total.